The Morgan fingerprint density at radius 2 is 2.00 bits per heavy atom. The number of aromatic nitrogens is 1. The van der Waals surface area contributed by atoms with Gasteiger partial charge in [0.1, 0.15) is 11.6 Å². The van der Waals surface area contributed by atoms with Crippen LogP contribution >= 0.6 is 0 Å². The Labute approximate surface area is 126 Å². The second-order valence-electron chi connectivity index (χ2n) is 5.35. The summed E-state index contributed by atoms with van der Waals surface area (Å²) in [6.45, 7) is 0.191. The predicted molar refractivity (Wildman–Crippen MR) is 76.7 cm³/mol. The van der Waals surface area contributed by atoms with E-state index in [0.717, 1.165) is 5.56 Å². The molecule has 0 radical (unpaired) electrons. The fraction of sp³-hybridized carbons (Fsp3) is 0.250. The normalized spacial score (nSPS) is 21.1. The second-order valence-corrected chi connectivity index (χ2v) is 5.35. The van der Waals surface area contributed by atoms with Crippen molar-refractivity contribution >= 4 is 5.91 Å². The molecule has 1 aliphatic heterocycles. The molecule has 0 bridgehead atoms. The number of rotatable bonds is 2. The third-order valence-electron chi connectivity index (χ3n) is 3.77. The van der Waals surface area contributed by atoms with Crippen molar-refractivity contribution in [3.63, 3.8) is 0 Å². The van der Waals surface area contributed by atoms with E-state index in [1.54, 1.807) is 12.1 Å². The third-order valence-corrected chi connectivity index (χ3v) is 3.77. The number of carbonyl (C=O) groups is 1. The molecular formula is C16H15FN2O3. The van der Waals surface area contributed by atoms with Crippen LogP contribution in [0.25, 0.3) is 0 Å². The zero-order valence-electron chi connectivity index (χ0n) is 11.7. The topological polar surface area (TPSA) is 73.7 Å². The van der Waals surface area contributed by atoms with Crippen molar-refractivity contribution in [1.29, 1.82) is 0 Å². The van der Waals surface area contributed by atoms with Crippen LogP contribution in [0.1, 0.15) is 28.4 Å². The van der Waals surface area contributed by atoms with E-state index in [4.69, 9.17) is 0 Å². The first-order valence-electron chi connectivity index (χ1n) is 6.93. The molecule has 2 atom stereocenters. The molecule has 1 amide bonds. The Morgan fingerprint density at radius 1 is 1.27 bits per heavy atom. The van der Waals surface area contributed by atoms with E-state index in [-0.39, 0.29) is 35.6 Å². The zero-order valence-corrected chi connectivity index (χ0v) is 11.7. The number of benzene rings is 1. The number of hydrogen-bond acceptors (Lipinski definition) is 4. The summed E-state index contributed by atoms with van der Waals surface area (Å²) in [5, 5.41) is 19.3. The number of carbonyl (C=O) groups excluding carboxylic acids is 1. The first-order valence-corrected chi connectivity index (χ1v) is 6.93. The molecule has 3 rings (SSSR count). The average Bonchev–Trinajstić information content (AvgIpc) is 2.89. The van der Waals surface area contributed by atoms with E-state index < -0.39 is 6.10 Å². The van der Waals surface area contributed by atoms with E-state index in [0.29, 0.717) is 6.42 Å². The summed E-state index contributed by atoms with van der Waals surface area (Å²) >= 11 is 0. The van der Waals surface area contributed by atoms with Gasteiger partial charge in [0.25, 0.3) is 5.91 Å². The minimum Gasteiger partial charge on any atom is -0.506 e. The van der Waals surface area contributed by atoms with Gasteiger partial charge in [-0.1, -0.05) is 12.1 Å². The Morgan fingerprint density at radius 3 is 2.68 bits per heavy atom. The highest BCUT2D eigenvalue weighted by molar-refractivity contribution is 5.94. The lowest BCUT2D eigenvalue weighted by Gasteiger charge is -2.24. The van der Waals surface area contributed by atoms with Crippen molar-refractivity contribution in [3.05, 3.63) is 59.7 Å². The van der Waals surface area contributed by atoms with Gasteiger partial charge >= 0.3 is 0 Å². The largest absolute Gasteiger partial charge is 0.506 e. The number of likely N-dealkylation sites (tertiary alicyclic amines) is 1. The van der Waals surface area contributed by atoms with E-state index in [1.807, 2.05) is 0 Å². The van der Waals surface area contributed by atoms with E-state index in [9.17, 15) is 19.4 Å². The number of aliphatic hydroxyl groups excluding tert-OH is 1. The molecule has 114 valence electrons. The van der Waals surface area contributed by atoms with Gasteiger partial charge in [-0.15, -0.1) is 0 Å². The van der Waals surface area contributed by atoms with Gasteiger partial charge in [0.05, 0.1) is 23.9 Å². The Balaban J connectivity index is 1.90. The number of aliphatic hydroxyl groups is 1. The number of nitrogens with zero attached hydrogens (tertiary/aromatic N) is 2. The summed E-state index contributed by atoms with van der Waals surface area (Å²) in [6, 6.07) is 6.89. The highest BCUT2D eigenvalue weighted by atomic mass is 19.1. The minimum absolute atomic E-state index is 0.0936. The monoisotopic (exact) mass is 302 g/mol. The minimum atomic E-state index is -0.635. The lowest BCUT2D eigenvalue weighted by Crippen LogP contribution is -2.31. The van der Waals surface area contributed by atoms with Crippen molar-refractivity contribution in [2.24, 2.45) is 0 Å². The molecule has 1 aromatic heterocycles. The maximum absolute atomic E-state index is 13.0. The maximum atomic E-state index is 13.0. The zero-order chi connectivity index (χ0) is 15.7. The number of amides is 1. The number of β-amino-alcohol motifs (C(OH)–C–C–N with tert-alkyl or cyclic N) is 1. The van der Waals surface area contributed by atoms with Crippen LogP contribution in [0.2, 0.25) is 0 Å². The van der Waals surface area contributed by atoms with Crippen molar-refractivity contribution in [1.82, 2.24) is 9.88 Å². The van der Waals surface area contributed by atoms with Crippen LogP contribution < -0.4 is 0 Å². The maximum Gasteiger partial charge on any atom is 0.256 e. The molecule has 1 aliphatic rings. The SMILES string of the molecule is O=C(c1cncc(O)c1)N1C[C@@H](O)C[C@@H]1c1ccc(F)cc1. The van der Waals surface area contributed by atoms with E-state index in [1.165, 1.54) is 35.5 Å². The van der Waals surface area contributed by atoms with E-state index >= 15 is 0 Å². The van der Waals surface area contributed by atoms with Gasteiger partial charge in [0, 0.05) is 12.7 Å². The Bertz CT molecular complexity index is 690. The molecule has 0 unspecified atom stereocenters. The molecule has 0 saturated carbocycles. The molecule has 1 aromatic carbocycles. The smallest absolute Gasteiger partial charge is 0.256 e. The van der Waals surface area contributed by atoms with Crippen LogP contribution in [0.3, 0.4) is 0 Å². The summed E-state index contributed by atoms with van der Waals surface area (Å²) in [4.78, 5) is 17.9. The molecule has 0 spiro atoms. The number of pyridine rings is 1. The average molecular weight is 302 g/mol. The lowest BCUT2D eigenvalue weighted by atomic mass is 10.0. The van der Waals surface area contributed by atoms with Crippen molar-refractivity contribution in [3.8, 4) is 5.75 Å². The Kier molecular flexibility index (Phi) is 3.77. The fourth-order valence-corrected chi connectivity index (χ4v) is 2.75. The standard InChI is InChI=1S/C16H15FN2O3/c17-12-3-1-10(2-4-12)15-6-14(21)9-19(15)16(22)11-5-13(20)8-18-7-11/h1-5,7-8,14-15,20-21H,6,9H2/t14-,15+/m0/s1. The molecular weight excluding hydrogens is 287 g/mol. The van der Waals surface area contributed by atoms with Crippen molar-refractivity contribution in [2.45, 2.75) is 18.6 Å². The van der Waals surface area contributed by atoms with Crippen LogP contribution in [0.15, 0.2) is 42.7 Å². The molecule has 22 heavy (non-hydrogen) atoms. The molecule has 5 nitrogen and oxygen atoms in total. The molecule has 2 heterocycles. The van der Waals surface area contributed by atoms with Crippen LogP contribution in [-0.4, -0.2) is 38.7 Å². The highest BCUT2D eigenvalue weighted by Crippen LogP contribution is 2.33. The quantitative estimate of drug-likeness (QED) is 0.888. The third kappa shape index (κ3) is 2.78. The van der Waals surface area contributed by atoms with Crippen LogP contribution in [0.4, 0.5) is 4.39 Å². The first kappa shape index (κ1) is 14.5. The summed E-state index contributed by atoms with van der Waals surface area (Å²) in [7, 11) is 0. The van der Waals surface area contributed by atoms with E-state index in [2.05, 4.69) is 4.98 Å². The fourth-order valence-electron chi connectivity index (χ4n) is 2.75. The van der Waals surface area contributed by atoms with Crippen LogP contribution in [-0.2, 0) is 0 Å². The van der Waals surface area contributed by atoms with Gasteiger partial charge in [-0.2, -0.15) is 0 Å². The summed E-state index contributed by atoms with van der Waals surface area (Å²) in [5.41, 5.74) is 1.01. The van der Waals surface area contributed by atoms with Gasteiger partial charge in [0.15, 0.2) is 0 Å². The molecule has 1 fully saturated rings. The number of hydrogen-bond donors (Lipinski definition) is 2. The molecule has 6 heteroatoms. The van der Waals surface area contributed by atoms with Gasteiger partial charge in [0.2, 0.25) is 0 Å². The molecule has 0 aliphatic carbocycles. The summed E-state index contributed by atoms with van der Waals surface area (Å²) in [6.07, 6.45) is 2.37. The lowest BCUT2D eigenvalue weighted by molar-refractivity contribution is 0.0715. The van der Waals surface area contributed by atoms with Crippen molar-refractivity contribution < 1.29 is 19.4 Å². The molecule has 2 N–H and O–H groups in total. The first-order chi connectivity index (χ1) is 10.5. The summed E-state index contributed by atoms with van der Waals surface area (Å²) in [5.74, 6) is -0.768. The van der Waals surface area contributed by atoms with Gasteiger partial charge in [-0.25, -0.2) is 4.39 Å². The number of halogens is 1. The second kappa shape index (κ2) is 5.73. The number of aromatic hydroxyl groups is 1. The Hall–Kier alpha value is -2.47. The van der Waals surface area contributed by atoms with Gasteiger partial charge < -0.3 is 15.1 Å². The highest BCUT2D eigenvalue weighted by Gasteiger charge is 2.35. The van der Waals surface area contributed by atoms with Crippen molar-refractivity contribution in [2.75, 3.05) is 6.54 Å². The molecule has 2 aromatic rings. The predicted octanol–water partition coefficient (Wildman–Crippen LogP) is 1.87. The van der Waals surface area contributed by atoms with Crippen LogP contribution in [0.5, 0.6) is 5.75 Å². The van der Waals surface area contributed by atoms with Gasteiger partial charge in [-0.05, 0) is 30.2 Å². The van der Waals surface area contributed by atoms with Gasteiger partial charge in [-0.3, -0.25) is 9.78 Å². The molecule has 1 saturated heterocycles. The van der Waals surface area contributed by atoms with Crippen LogP contribution in [0, 0.1) is 5.82 Å². The summed E-state index contributed by atoms with van der Waals surface area (Å²) < 4.78 is 13.0.